The Kier molecular flexibility index (Phi) is 7.75. The van der Waals surface area contributed by atoms with Crippen LogP contribution in [0.5, 0.6) is 0 Å². The van der Waals surface area contributed by atoms with E-state index in [1.54, 1.807) is 0 Å². The van der Waals surface area contributed by atoms with Crippen molar-refractivity contribution in [1.82, 2.24) is 9.80 Å². The van der Waals surface area contributed by atoms with E-state index in [-0.39, 0.29) is 11.6 Å². The molecule has 184 valence electrons. The van der Waals surface area contributed by atoms with Gasteiger partial charge in [-0.2, -0.15) is 13.2 Å². The Labute approximate surface area is 198 Å². The van der Waals surface area contributed by atoms with Crippen molar-refractivity contribution in [2.24, 2.45) is 0 Å². The Bertz CT molecular complexity index is 956. The highest BCUT2D eigenvalue weighted by Crippen LogP contribution is 2.36. The summed E-state index contributed by atoms with van der Waals surface area (Å²) < 4.78 is 45.5. The maximum Gasteiger partial charge on any atom is 0.416 e. The first-order valence-electron chi connectivity index (χ1n) is 11.7. The summed E-state index contributed by atoms with van der Waals surface area (Å²) in [6.45, 7) is 7.90. The number of carbonyl (C=O) groups excluding carboxylic acids is 1. The standard InChI is InChI=1S/C25H31F3N4O2/c1-19(31-11-9-30(10-12-31)18-20-5-3-2-4-6-20)24(33)29-22-17-21(25(26,27)28)7-8-23(22)32-13-15-34-16-14-32/h2-8,17,19H,9-16,18H2,1H3,(H,29,33). The average molecular weight is 477 g/mol. The number of carbonyl (C=O) groups is 1. The number of amides is 1. The van der Waals surface area contributed by atoms with E-state index in [0.29, 0.717) is 32.0 Å². The Balaban J connectivity index is 1.41. The van der Waals surface area contributed by atoms with E-state index in [4.69, 9.17) is 4.74 Å². The van der Waals surface area contributed by atoms with Crippen molar-refractivity contribution in [1.29, 1.82) is 0 Å². The van der Waals surface area contributed by atoms with Crippen LogP contribution in [0.1, 0.15) is 18.1 Å². The monoisotopic (exact) mass is 476 g/mol. The predicted molar refractivity (Wildman–Crippen MR) is 126 cm³/mol. The van der Waals surface area contributed by atoms with E-state index in [2.05, 4.69) is 27.2 Å². The van der Waals surface area contributed by atoms with Gasteiger partial charge in [-0.25, -0.2) is 0 Å². The number of morpholine rings is 1. The highest BCUT2D eigenvalue weighted by atomic mass is 19.4. The molecular weight excluding hydrogens is 445 g/mol. The molecule has 1 amide bonds. The molecule has 4 rings (SSSR count). The second-order valence-electron chi connectivity index (χ2n) is 8.79. The minimum atomic E-state index is -4.48. The maximum atomic E-state index is 13.4. The molecule has 6 nitrogen and oxygen atoms in total. The van der Waals surface area contributed by atoms with Gasteiger partial charge >= 0.3 is 6.18 Å². The van der Waals surface area contributed by atoms with E-state index in [0.717, 1.165) is 44.9 Å². The molecule has 2 aliphatic heterocycles. The number of nitrogens with one attached hydrogen (secondary N) is 1. The molecule has 2 saturated heterocycles. The van der Waals surface area contributed by atoms with Crippen LogP contribution in [0.3, 0.4) is 0 Å². The molecule has 0 saturated carbocycles. The number of hydrogen-bond acceptors (Lipinski definition) is 5. The lowest BCUT2D eigenvalue weighted by molar-refractivity contribution is -0.137. The first-order chi connectivity index (χ1) is 16.3. The molecule has 2 fully saturated rings. The van der Waals surface area contributed by atoms with Gasteiger partial charge in [-0.1, -0.05) is 30.3 Å². The number of rotatable bonds is 6. The highest BCUT2D eigenvalue weighted by Gasteiger charge is 2.32. The molecule has 2 aromatic carbocycles. The zero-order chi connectivity index (χ0) is 24.1. The number of nitrogens with zero attached hydrogens (tertiary/aromatic N) is 3. The second kappa shape index (κ2) is 10.8. The van der Waals surface area contributed by atoms with Gasteiger partial charge < -0.3 is 15.0 Å². The molecule has 0 bridgehead atoms. The maximum absolute atomic E-state index is 13.4. The van der Waals surface area contributed by atoms with Crippen LogP contribution >= 0.6 is 0 Å². The summed E-state index contributed by atoms with van der Waals surface area (Å²) in [5.41, 5.74) is 1.25. The van der Waals surface area contributed by atoms with Crippen molar-refractivity contribution in [3.05, 3.63) is 59.7 Å². The van der Waals surface area contributed by atoms with Gasteiger partial charge in [0.1, 0.15) is 0 Å². The summed E-state index contributed by atoms with van der Waals surface area (Å²) in [6.07, 6.45) is -4.48. The molecule has 1 N–H and O–H groups in total. The number of anilines is 2. The quantitative estimate of drug-likeness (QED) is 0.689. The lowest BCUT2D eigenvalue weighted by Gasteiger charge is -2.37. The molecule has 0 aromatic heterocycles. The number of alkyl halides is 3. The number of piperazine rings is 1. The Morgan fingerprint density at radius 1 is 1.00 bits per heavy atom. The summed E-state index contributed by atoms with van der Waals surface area (Å²) in [6, 6.07) is 13.3. The fourth-order valence-electron chi connectivity index (χ4n) is 4.45. The minimum Gasteiger partial charge on any atom is -0.378 e. The van der Waals surface area contributed by atoms with Gasteiger partial charge in [0.05, 0.1) is 36.2 Å². The van der Waals surface area contributed by atoms with Crippen LogP contribution in [0.25, 0.3) is 0 Å². The molecular formula is C25H31F3N4O2. The fourth-order valence-corrected chi connectivity index (χ4v) is 4.45. The second-order valence-corrected chi connectivity index (χ2v) is 8.79. The number of hydrogen-bond donors (Lipinski definition) is 1. The number of halogens is 3. The number of ether oxygens (including phenoxy) is 1. The molecule has 0 radical (unpaired) electrons. The first-order valence-corrected chi connectivity index (χ1v) is 11.7. The van der Waals surface area contributed by atoms with Crippen LogP contribution in [-0.4, -0.2) is 74.2 Å². The van der Waals surface area contributed by atoms with Crippen LogP contribution in [0.2, 0.25) is 0 Å². The summed E-state index contributed by atoms with van der Waals surface area (Å²) in [4.78, 5) is 19.5. The number of benzene rings is 2. The van der Waals surface area contributed by atoms with Gasteiger partial charge in [-0.05, 0) is 30.7 Å². The lowest BCUT2D eigenvalue weighted by atomic mass is 10.1. The predicted octanol–water partition coefficient (Wildman–Crippen LogP) is 3.69. The van der Waals surface area contributed by atoms with E-state index < -0.39 is 17.8 Å². The van der Waals surface area contributed by atoms with Crippen molar-refractivity contribution in [3.8, 4) is 0 Å². The van der Waals surface area contributed by atoms with Gasteiger partial charge in [0.25, 0.3) is 0 Å². The van der Waals surface area contributed by atoms with Crippen molar-refractivity contribution < 1.29 is 22.7 Å². The lowest BCUT2D eigenvalue weighted by Crippen LogP contribution is -2.52. The minimum absolute atomic E-state index is 0.191. The van der Waals surface area contributed by atoms with Crippen molar-refractivity contribution in [3.63, 3.8) is 0 Å². The van der Waals surface area contributed by atoms with Crippen LogP contribution in [-0.2, 0) is 22.3 Å². The van der Waals surface area contributed by atoms with Crippen LogP contribution < -0.4 is 10.2 Å². The third-order valence-corrected chi connectivity index (χ3v) is 6.52. The molecule has 2 aromatic rings. The van der Waals surface area contributed by atoms with Gasteiger partial charge in [-0.3, -0.25) is 14.6 Å². The molecule has 1 unspecified atom stereocenters. The summed E-state index contributed by atoms with van der Waals surface area (Å²) in [5.74, 6) is -0.301. The molecule has 2 aliphatic rings. The molecule has 1 atom stereocenters. The summed E-state index contributed by atoms with van der Waals surface area (Å²) in [7, 11) is 0. The topological polar surface area (TPSA) is 48.1 Å². The zero-order valence-corrected chi connectivity index (χ0v) is 19.4. The van der Waals surface area contributed by atoms with Crippen molar-refractivity contribution in [2.75, 3.05) is 62.7 Å². The van der Waals surface area contributed by atoms with Crippen molar-refractivity contribution >= 4 is 17.3 Å². The Hall–Kier alpha value is -2.62. The van der Waals surface area contributed by atoms with Gasteiger partial charge in [0.2, 0.25) is 5.91 Å². The third-order valence-electron chi connectivity index (χ3n) is 6.52. The molecule has 0 spiro atoms. The normalized spacial score (nSPS) is 19.1. The average Bonchev–Trinajstić information content (AvgIpc) is 2.84. The van der Waals surface area contributed by atoms with E-state index in [1.165, 1.54) is 11.6 Å². The van der Waals surface area contributed by atoms with E-state index in [1.807, 2.05) is 30.0 Å². The molecule has 0 aliphatic carbocycles. The SMILES string of the molecule is CC(C(=O)Nc1cc(C(F)(F)F)ccc1N1CCOCC1)N1CCN(Cc2ccccc2)CC1. The summed E-state index contributed by atoms with van der Waals surface area (Å²) >= 11 is 0. The smallest absolute Gasteiger partial charge is 0.378 e. The van der Waals surface area contributed by atoms with E-state index >= 15 is 0 Å². The zero-order valence-electron chi connectivity index (χ0n) is 19.4. The van der Waals surface area contributed by atoms with E-state index in [9.17, 15) is 18.0 Å². The molecule has 34 heavy (non-hydrogen) atoms. The van der Waals surface area contributed by atoms with Crippen LogP contribution in [0.4, 0.5) is 24.5 Å². The van der Waals surface area contributed by atoms with Crippen LogP contribution in [0, 0.1) is 0 Å². The highest BCUT2D eigenvalue weighted by molar-refractivity contribution is 5.97. The van der Waals surface area contributed by atoms with Crippen LogP contribution in [0.15, 0.2) is 48.5 Å². The van der Waals surface area contributed by atoms with Gasteiger partial charge in [-0.15, -0.1) is 0 Å². The Morgan fingerprint density at radius 3 is 2.32 bits per heavy atom. The third kappa shape index (κ3) is 6.08. The Morgan fingerprint density at radius 2 is 1.68 bits per heavy atom. The fraction of sp³-hybridized carbons (Fsp3) is 0.480. The summed E-state index contributed by atoms with van der Waals surface area (Å²) in [5, 5.41) is 2.79. The van der Waals surface area contributed by atoms with Crippen molar-refractivity contribution in [2.45, 2.75) is 25.7 Å². The molecule has 2 heterocycles. The largest absolute Gasteiger partial charge is 0.416 e. The van der Waals surface area contributed by atoms with Gasteiger partial charge in [0.15, 0.2) is 0 Å². The van der Waals surface area contributed by atoms with Gasteiger partial charge in [0, 0.05) is 45.8 Å². The molecule has 9 heteroatoms. The first kappa shape index (κ1) is 24.5.